The van der Waals surface area contributed by atoms with Crippen molar-refractivity contribution in [2.24, 2.45) is 0 Å². The van der Waals surface area contributed by atoms with E-state index in [1.165, 1.54) is 24.0 Å². The number of pyridine rings is 1. The van der Waals surface area contributed by atoms with Crippen LogP contribution in [0.15, 0.2) is 36.5 Å². The molecule has 27 heavy (non-hydrogen) atoms. The van der Waals surface area contributed by atoms with E-state index in [1.807, 2.05) is 6.26 Å². The highest BCUT2D eigenvalue weighted by Gasteiger charge is 2.51. The van der Waals surface area contributed by atoms with Crippen molar-refractivity contribution in [3.63, 3.8) is 0 Å². The fourth-order valence-corrected chi connectivity index (χ4v) is 4.56. The summed E-state index contributed by atoms with van der Waals surface area (Å²) in [5, 5.41) is 14.4. The summed E-state index contributed by atoms with van der Waals surface area (Å²) < 4.78 is 15.8. The standard InChI is InChI=1S/C19H19Cl2FN2O2S/c1-27-11-18(26)6-7-19(22,14-3-2-8-23-16(14)18)17(25)24-10-12-4-5-13(20)9-15(12)21/h2-5,8-9,26H,6-7,10-11H2,1H3,(H,24,25)/t18-,19-/m0/s1. The van der Waals surface area contributed by atoms with E-state index < -0.39 is 17.2 Å². The van der Waals surface area contributed by atoms with Crippen LogP contribution in [-0.4, -0.2) is 28.0 Å². The molecular formula is C19H19Cl2FN2O2S. The number of benzene rings is 1. The lowest BCUT2D eigenvalue weighted by Gasteiger charge is -2.39. The summed E-state index contributed by atoms with van der Waals surface area (Å²) in [4.78, 5) is 16.9. The summed E-state index contributed by atoms with van der Waals surface area (Å²) in [6, 6.07) is 7.99. The lowest BCUT2D eigenvalue weighted by Crippen LogP contribution is -2.48. The van der Waals surface area contributed by atoms with Crippen LogP contribution in [0.1, 0.15) is 29.7 Å². The summed E-state index contributed by atoms with van der Waals surface area (Å²) in [5.74, 6) is -0.385. The van der Waals surface area contributed by atoms with E-state index in [9.17, 15) is 9.90 Å². The van der Waals surface area contributed by atoms with Crippen molar-refractivity contribution in [3.05, 3.63) is 63.4 Å². The predicted molar refractivity (Wildman–Crippen MR) is 107 cm³/mol. The van der Waals surface area contributed by atoms with Gasteiger partial charge in [0, 0.05) is 34.1 Å². The van der Waals surface area contributed by atoms with Gasteiger partial charge in [-0.05, 0) is 42.9 Å². The Kier molecular flexibility index (Phi) is 6.01. The minimum atomic E-state index is -2.26. The van der Waals surface area contributed by atoms with Gasteiger partial charge in [-0.3, -0.25) is 9.78 Å². The van der Waals surface area contributed by atoms with Crippen LogP contribution in [-0.2, 0) is 22.6 Å². The number of hydrogen-bond donors (Lipinski definition) is 2. The number of hydrogen-bond acceptors (Lipinski definition) is 4. The van der Waals surface area contributed by atoms with Crippen LogP contribution in [0.4, 0.5) is 4.39 Å². The van der Waals surface area contributed by atoms with Gasteiger partial charge in [0.2, 0.25) is 5.67 Å². The first kappa shape index (κ1) is 20.4. The number of halogens is 3. The highest BCUT2D eigenvalue weighted by Crippen LogP contribution is 2.46. The minimum absolute atomic E-state index is 0.0746. The molecule has 1 aliphatic rings. The van der Waals surface area contributed by atoms with Gasteiger partial charge in [-0.15, -0.1) is 0 Å². The van der Waals surface area contributed by atoms with E-state index in [1.54, 1.807) is 24.3 Å². The molecule has 1 heterocycles. The quantitative estimate of drug-likeness (QED) is 0.748. The summed E-state index contributed by atoms with van der Waals surface area (Å²) >= 11 is 13.4. The van der Waals surface area contributed by atoms with Gasteiger partial charge in [0.1, 0.15) is 5.60 Å². The van der Waals surface area contributed by atoms with Crippen molar-refractivity contribution in [1.82, 2.24) is 10.3 Å². The zero-order chi connectivity index (χ0) is 19.7. The molecule has 0 saturated heterocycles. The van der Waals surface area contributed by atoms with Gasteiger partial charge >= 0.3 is 0 Å². The number of carbonyl (C=O) groups is 1. The van der Waals surface area contributed by atoms with E-state index in [2.05, 4.69) is 10.3 Å². The van der Waals surface area contributed by atoms with Crippen LogP contribution < -0.4 is 5.32 Å². The normalized spacial score (nSPS) is 24.3. The highest BCUT2D eigenvalue weighted by molar-refractivity contribution is 7.98. The van der Waals surface area contributed by atoms with Gasteiger partial charge in [0.05, 0.1) is 5.69 Å². The first-order valence-corrected chi connectivity index (χ1v) is 10.5. The van der Waals surface area contributed by atoms with Gasteiger partial charge in [0.15, 0.2) is 0 Å². The number of fused-ring (bicyclic) bond motifs is 1. The first-order chi connectivity index (χ1) is 12.8. The molecule has 1 aliphatic carbocycles. The van der Waals surface area contributed by atoms with Crippen LogP contribution in [0.2, 0.25) is 10.0 Å². The summed E-state index contributed by atoms with van der Waals surface area (Å²) in [6.07, 6.45) is 3.36. The molecule has 3 rings (SSSR count). The fraction of sp³-hybridized carbons (Fsp3) is 0.368. The number of rotatable bonds is 5. The molecule has 0 aliphatic heterocycles. The lowest BCUT2D eigenvalue weighted by atomic mass is 9.75. The first-order valence-electron chi connectivity index (χ1n) is 8.38. The Hall–Kier alpha value is -1.34. The van der Waals surface area contributed by atoms with Crippen LogP contribution in [0.3, 0.4) is 0 Å². The zero-order valence-electron chi connectivity index (χ0n) is 14.6. The third-order valence-electron chi connectivity index (χ3n) is 4.76. The number of thioether (sulfide) groups is 1. The molecule has 4 nitrogen and oxygen atoms in total. The second-order valence-electron chi connectivity index (χ2n) is 6.58. The Balaban J connectivity index is 1.85. The second kappa shape index (κ2) is 7.95. The molecule has 0 spiro atoms. The van der Waals surface area contributed by atoms with E-state index in [-0.39, 0.29) is 30.6 Å². The molecule has 1 amide bonds. The number of nitrogens with zero attached hydrogens (tertiary/aromatic N) is 1. The third kappa shape index (κ3) is 3.94. The Morgan fingerprint density at radius 2 is 2.15 bits per heavy atom. The SMILES string of the molecule is CSC[C@@]1(O)CC[C@@](F)(C(=O)NCc2ccc(Cl)cc2Cl)c2cccnc21. The molecule has 8 heteroatoms. The average molecular weight is 429 g/mol. The van der Waals surface area contributed by atoms with E-state index in [0.29, 0.717) is 21.4 Å². The summed E-state index contributed by atoms with van der Waals surface area (Å²) in [7, 11) is 0. The van der Waals surface area contributed by atoms with Crippen molar-refractivity contribution in [1.29, 1.82) is 0 Å². The molecule has 2 atom stereocenters. The third-order valence-corrected chi connectivity index (χ3v) is 6.11. The molecule has 0 bridgehead atoms. The zero-order valence-corrected chi connectivity index (χ0v) is 17.0. The topological polar surface area (TPSA) is 62.2 Å². The Bertz CT molecular complexity index is 869. The second-order valence-corrected chi connectivity index (χ2v) is 8.29. The molecule has 2 aromatic rings. The van der Waals surface area contributed by atoms with Crippen molar-refractivity contribution >= 4 is 40.9 Å². The van der Waals surface area contributed by atoms with Crippen LogP contribution in [0.5, 0.6) is 0 Å². The highest BCUT2D eigenvalue weighted by atomic mass is 35.5. The van der Waals surface area contributed by atoms with Crippen LogP contribution in [0.25, 0.3) is 0 Å². The molecule has 1 aromatic heterocycles. The number of alkyl halides is 1. The van der Waals surface area contributed by atoms with Gasteiger partial charge in [-0.1, -0.05) is 35.3 Å². The van der Waals surface area contributed by atoms with Gasteiger partial charge < -0.3 is 10.4 Å². The van der Waals surface area contributed by atoms with E-state index in [4.69, 9.17) is 23.2 Å². The van der Waals surface area contributed by atoms with Crippen LogP contribution >= 0.6 is 35.0 Å². The van der Waals surface area contributed by atoms with Gasteiger partial charge in [0.25, 0.3) is 5.91 Å². The largest absolute Gasteiger partial charge is 0.383 e. The molecule has 0 radical (unpaired) electrons. The number of nitrogens with one attached hydrogen (secondary N) is 1. The molecule has 2 N–H and O–H groups in total. The number of aliphatic hydroxyl groups is 1. The monoisotopic (exact) mass is 428 g/mol. The maximum Gasteiger partial charge on any atom is 0.262 e. The minimum Gasteiger partial charge on any atom is -0.383 e. The van der Waals surface area contributed by atoms with Gasteiger partial charge in [-0.2, -0.15) is 11.8 Å². The smallest absolute Gasteiger partial charge is 0.262 e. The molecule has 144 valence electrons. The van der Waals surface area contributed by atoms with Crippen molar-refractivity contribution in [2.45, 2.75) is 30.7 Å². The average Bonchev–Trinajstić information content (AvgIpc) is 2.65. The molecule has 1 aromatic carbocycles. The number of carbonyl (C=O) groups excluding carboxylic acids is 1. The van der Waals surface area contributed by atoms with E-state index in [0.717, 1.165) is 0 Å². The Morgan fingerprint density at radius 1 is 1.37 bits per heavy atom. The number of aromatic nitrogens is 1. The summed E-state index contributed by atoms with van der Waals surface area (Å²) in [6.45, 7) is 0.0746. The fourth-order valence-electron chi connectivity index (χ4n) is 3.32. The lowest BCUT2D eigenvalue weighted by molar-refractivity contribution is -0.136. The maximum absolute atomic E-state index is 15.8. The molecular weight excluding hydrogens is 410 g/mol. The van der Waals surface area contributed by atoms with Crippen molar-refractivity contribution < 1.29 is 14.3 Å². The van der Waals surface area contributed by atoms with Crippen LogP contribution in [0, 0.1) is 0 Å². The van der Waals surface area contributed by atoms with Crippen molar-refractivity contribution in [2.75, 3.05) is 12.0 Å². The molecule has 0 unspecified atom stereocenters. The van der Waals surface area contributed by atoms with Crippen molar-refractivity contribution in [3.8, 4) is 0 Å². The van der Waals surface area contributed by atoms with E-state index >= 15 is 4.39 Å². The molecule has 0 saturated carbocycles. The van der Waals surface area contributed by atoms with Gasteiger partial charge in [-0.25, -0.2) is 4.39 Å². The predicted octanol–water partition coefficient (Wildman–Crippen LogP) is 4.21. The number of amides is 1. The Morgan fingerprint density at radius 3 is 2.85 bits per heavy atom. The summed E-state index contributed by atoms with van der Waals surface area (Å²) in [5.41, 5.74) is -2.52. The maximum atomic E-state index is 15.8. The molecule has 0 fully saturated rings. The Labute approximate surface area is 171 Å².